The lowest BCUT2D eigenvalue weighted by Gasteiger charge is -2.08. The Kier molecular flexibility index (Phi) is 4.00. The van der Waals surface area contributed by atoms with Gasteiger partial charge in [0.25, 0.3) is 5.91 Å². The molecule has 0 aliphatic rings. The van der Waals surface area contributed by atoms with Gasteiger partial charge in [-0.2, -0.15) is 0 Å². The molecule has 0 aliphatic carbocycles. The highest BCUT2D eigenvalue weighted by molar-refractivity contribution is 6.31. The number of carbonyl (C=O) groups is 2. The molecule has 0 saturated heterocycles. The van der Waals surface area contributed by atoms with Crippen LogP contribution in [-0.4, -0.2) is 27.2 Å². The molecule has 2 rings (SSSR count). The topological polar surface area (TPSA) is 107 Å². The molecule has 0 bridgehead atoms. The first-order valence-corrected chi connectivity index (χ1v) is 6.11. The van der Waals surface area contributed by atoms with Crippen molar-refractivity contribution in [3.05, 3.63) is 52.5 Å². The number of hydrogen-bond acceptors (Lipinski definition) is 4. The Morgan fingerprint density at radius 2 is 1.52 bits per heavy atom. The highest BCUT2D eigenvalue weighted by atomic mass is 35.5. The summed E-state index contributed by atoms with van der Waals surface area (Å²) in [6.45, 7) is 0. The molecule has 2 aromatic carbocycles. The molecule has 0 saturated carbocycles. The first kappa shape index (κ1) is 14.7. The Balaban J connectivity index is 2.29. The van der Waals surface area contributed by atoms with Crippen LogP contribution in [0.3, 0.4) is 0 Å². The summed E-state index contributed by atoms with van der Waals surface area (Å²) in [5.41, 5.74) is 0.133. The van der Waals surface area contributed by atoms with E-state index in [1.165, 1.54) is 18.2 Å². The summed E-state index contributed by atoms with van der Waals surface area (Å²) in [6.07, 6.45) is 0. The number of halogens is 1. The summed E-state index contributed by atoms with van der Waals surface area (Å²) < 4.78 is 0. The Hall–Kier alpha value is -2.73. The number of aromatic carboxylic acids is 1. The number of anilines is 1. The summed E-state index contributed by atoms with van der Waals surface area (Å²) in [5.74, 6) is -2.34. The second-order valence-corrected chi connectivity index (χ2v) is 4.66. The van der Waals surface area contributed by atoms with Crippen LogP contribution >= 0.6 is 11.6 Å². The van der Waals surface area contributed by atoms with Crippen molar-refractivity contribution < 1.29 is 24.9 Å². The average molecular weight is 308 g/mol. The largest absolute Gasteiger partial charge is 0.508 e. The molecule has 0 heterocycles. The third kappa shape index (κ3) is 3.64. The molecule has 1 amide bonds. The van der Waals surface area contributed by atoms with Crippen LogP contribution < -0.4 is 5.32 Å². The van der Waals surface area contributed by atoms with Gasteiger partial charge in [0.15, 0.2) is 0 Å². The van der Waals surface area contributed by atoms with Gasteiger partial charge in [-0.25, -0.2) is 4.79 Å². The fourth-order valence-electron chi connectivity index (χ4n) is 1.71. The Bertz CT molecular complexity index is 709. The quantitative estimate of drug-likeness (QED) is 0.697. The Labute approximate surface area is 124 Å². The van der Waals surface area contributed by atoms with Crippen LogP contribution in [0.15, 0.2) is 36.4 Å². The summed E-state index contributed by atoms with van der Waals surface area (Å²) in [6, 6.07) is 7.29. The molecule has 0 atom stereocenters. The molecule has 2 aromatic rings. The van der Waals surface area contributed by atoms with E-state index in [-0.39, 0.29) is 33.3 Å². The molecule has 0 aliphatic heterocycles. The number of aromatic hydroxyl groups is 2. The van der Waals surface area contributed by atoms with E-state index in [2.05, 4.69) is 5.32 Å². The van der Waals surface area contributed by atoms with Crippen molar-refractivity contribution in [2.75, 3.05) is 5.32 Å². The Morgan fingerprint density at radius 3 is 2.10 bits per heavy atom. The van der Waals surface area contributed by atoms with Gasteiger partial charge in [0, 0.05) is 22.3 Å². The van der Waals surface area contributed by atoms with Gasteiger partial charge in [0.05, 0.1) is 5.56 Å². The molecule has 6 nitrogen and oxygen atoms in total. The van der Waals surface area contributed by atoms with Gasteiger partial charge in [-0.3, -0.25) is 4.79 Å². The van der Waals surface area contributed by atoms with Crippen molar-refractivity contribution >= 4 is 29.2 Å². The second kappa shape index (κ2) is 5.72. The van der Waals surface area contributed by atoms with E-state index in [1.807, 2.05) is 0 Å². The summed E-state index contributed by atoms with van der Waals surface area (Å²) in [4.78, 5) is 22.9. The average Bonchev–Trinajstić information content (AvgIpc) is 2.36. The zero-order valence-electron chi connectivity index (χ0n) is 10.5. The van der Waals surface area contributed by atoms with Crippen molar-refractivity contribution in [1.29, 1.82) is 0 Å². The van der Waals surface area contributed by atoms with Crippen LogP contribution in [-0.2, 0) is 0 Å². The van der Waals surface area contributed by atoms with Gasteiger partial charge < -0.3 is 20.6 Å². The number of carboxylic acids is 1. The lowest BCUT2D eigenvalue weighted by atomic mass is 10.1. The van der Waals surface area contributed by atoms with Crippen LogP contribution in [0, 0.1) is 0 Å². The van der Waals surface area contributed by atoms with Crippen LogP contribution in [0.4, 0.5) is 5.69 Å². The van der Waals surface area contributed by atoms with Crippen LogP contribution in [0.25, 0.3) is 0 Å². The molecule has 0 unspecified atom stereocenters. The van der Waals surface area contributed by atoms with Crippen molar-refractivity contribution in [3.63, 3.8) is 0 Å². The highest BCUT2D eigenvalue weighted by Crippen LogP contribution is 2.23. The molecule has 21 heavy (non-hydrogen) atoms. The lowest BCUT2D eigenvalue weighted by Crippen LogP contribution is -2.12. The van der Waals surface area contributed by atoms with Gasteiger partial charge in [0.2, 0.25) is 0 Å². The predicted molar refractivity (Wildman–Crippen MR) is 76.1 cm³/mol. The number of phenols is 2. The van der Waals surface area contributed by atoms with Crippen molar-refractivity contribution in [2.24, 2.45) is 0 Å². The fraction of sp³-hybridized carbons (Fsp3) is 0. The maximum absolute atomic E-state index is 12.0. The first-order valence-electron chi connectivity index (χ1n) is 5.73. The number of amides is 1. The standard InChI is InChI=1S/C14H10ClNO5/c15-9-1-8(14(20)21)2-10(5-9)16-13(19)7-3-11(17)6-12(18)4-7/h1-6,17-18H,(H,16,19)(H,20,21). The predicted octanol–water partition coefficient (Wildman–Crippen LogP) is 2.70. The Morgan fingerprint density at radius 1 is 0.905 bits per heavy atom. The molecule has 0 radical (unpaired) electrons. The minimum absolute atomic E-state index is 0.0179. The van der Waals surface area contributed by atoms with Gasteiger partial charge in [-0.15, -0.1) is 0 Å². The number of rotatable bonds is 3. The lowest BCUT2D eigenvalue weighted by molar-refractivity contribution is 0.0696. The van der Waals surface area contributed by atoms with E-state index < -0.39 is 11.9 Å². The maximum atomic E-state index is 12.0. The molecule has 4 N–H and O–H groups in total. The van der Waals surface area contributed by atoms with Crippen molar-refractivity contribution in [1.82, 2.24) is 0 Å². The molecule has 7 heteroatoms. The van der Waals surface area contributed by atoms with E-state index in [1.54, 1.807) is 0 Å². The number of nitrogens with one attached hydrogen (secondary N) is 1. The number of hydrogen-bond donors (Lipinski definition) is 4. The highest BCUT2D eigenvalue weighted by Gasteiger charge is 2.11. The number of phenolic OH excluding ortho intramolecular Hbond substituents is 2. The zero-order chi connectivity index (χ0) is 15.6. The second-order valence-electron chi connectivity index (χ2n) is 4.23. The molecule has 0 aromatic heterocycles. The molecule has 0 fully saturated rings. The van der Waals surface area contributed by atoms with E-state index in [0.717, 1.165) is 18.2 Å². The van der Waals surface area contributed by atoms with Crippen molar-refractivity contribution in [2.45, 2.75) is 0 Å². The summed E-state index contributed by atoms with van der Waals surface area (Å²) in [5, 5.41) is 30.2. The minimum Gasteiger partial charge on any atom is -0.508 e. The molecular weight excluding hydrogens is 298 g/mol. The smallest absolute Gasteiger partial charge is 0.335 e. The fourth-order valence-corrected chi connectivity index (χ4v) is 1.95. The van der Waals surface area contributed by atoms with E-state index in [4.69, 9.17) is 16.7 Å². The van der Waals surface area contributed by atoms with Gasteiger partial charge in [-0.1, -0.05) is 11.6 Å². The van der Waals surface area contributed by atoms with Crippen LogP contribution in [0.2, 0.25) is 5.02 Å². The zero-order valence-corrected chi connectivity index (χ0v) is 11.3. The van der Waals surface area contributed by atoms with E-state index in [9.17, 15) is 19.8 Å². The van der Waals surface area contributed by atoms with Gasteiger partial charge >= 0.3 is 5.97 Å². The minimum atomic E-state index is -1.18. The van der Waals surface area contributed by atoms with Gasteiger partial charge in [-0.05, 0) is 30.3 Å². The molecule has 0 spiro atoms. The summed E-state index contributed by atoms with van der Waals surface area (Å²) >= 11 is 5.78. The monoisotopic (exact) mass is 307 g/mol. The number of benzene rings is 2. The first-order chi connectivity index (χ1) is 9.85. The third-order valence-electron chi connectivity index (χ3n) is 2.57. The van der Waals surface area contributed by atoms with E-state index in [0.29, 0.717) is 0 Å². The number of carbonyl (C=O) groups excluding carboxylic acids is 1. The third-order valence-corrected chi connectivity index (χ3v) is 2.79. The van der Waals surface area contributed by atoms with Gasteiger partial charge in [0.1, 0.15) is 11.5 Å². The van der Waals surface area contributed by atoms with Crippen molar-refractivity contribution in [3.8, 4) is 11.5 Å². The molecular formula is C14H10ClNO5. The summed E-state index contributed by atoms with van der Waals surface area (Å²) in [7, 11) is 0. The SMILES string of the molecule is O=C(O)c1cc(Cl)cc(NC(=O)c2cc(O)cc(O)c2)c1. The normalized spacial score (nSPS) is 10.1. The molecule has 108 valence electrons. The maximum Gasteiger partial charge on any atom is 0.335 e. The number of carboxylic acid groups (broad SMARTS) is 1. The van der Waals surface area contributed by atoms with Crippen LogP contribution in [0.5, 0.6) is 11.5 Å². The van der Waals surface area contributed by atoms with Crippen LogP contribution in [0.1, 0.15) is 20.7 Å². The van der Waals surface area contributed by atoms with E-state index >= 15 is 0 Å².